The van der Waals surface area contributed by atoms with E-state index in [4.69, 9.17) is 0 Å². The van der Waals surface area contributed by atoms with E-state index in [-0.39, 0.29) is 12.6 Å². The number of rotatable bonds is 4. The fourth-order valence-electron chi connectivity index (χ4n) is 2.56. The van der Waals surface area contributed by atoms with Crippen LogP contribution in [0.4, 0.5) is 10.5 Å². The van der Waals surface area contributed by atoms with Crippen LogP contribution < -0.4 is 5.32 Å². The van der Waals surface area contributed by atoms with E-state index in [0.717, 1.165) is 16.6 Å². The Bertz CT molecular complexity index is 840. The molecule has 0 aliphatic carbocycles. The van der Waals surface area contributed by atoms with Gasteiger partial charge in [0, 0.05) is 24.7 Å². The van der Waals surface area contributed by atoms with E-state index in [1.165, 1.54) is 4.90 Å². The molecule has 3 aromatic rings. The highest BCUT2D eigenvalue weighted by molar-refractivity contribution is 5.89. The van der Waals surface area contributed by atoms with Crippen LogP contribution in [0.5, 0.6) is 0 Å². The molecule has 0 saturated carbocycles. The molecule has 1 atom stereocenters. The standard InChI is InChI=1S/C18H20N4O2/c1-13(23)12-21(2)18(24)20-15-7-9-16(10-8-15)22-17-6-4-3-5-14(17)11-19-22/h3-11,13,23H,12H2,1-2H3,(H,20,24)/t13-/m0/s1. The highest BCUT2D eigenvalue weighted by atomic mass is 16.3. The zero-order chi connectivity index (χ0) is 17.1. The summed E-state index contributed by atoms with van der Waals surface area (Å²) in [6.07, 6.45) is 1.27. The summed E-state index contributed by atoms with van der Waals surface area (Å²) in [6, 6.07) is 15.2. The molecule has 1 aromatic heterocycles. The molecular formula is C18H20N4O2. The predicted molar refractivity (Wildman–Crippen MR) is 94.4 cm³/mol. The van der Waals surface area contributed by atoms with Crippen molar-refractivity contribution in [3.63, 3.8) is 0 Å². The van der Waals surface area contributed by atoms with Crippen LogP contribution in [0.15, 0.2) is 54.7 Å². The van der Waals surface area contributed by atoms with Crippen LogP contribution in [0, 0.1) is 0 Å². The number of carbonyl (C=O) groups is 1. The Morgan fingerprint density at radius 1 is 1.25 bits per heavy atom. The van der Waals surface area contributed by atoms with Gasteiger partial charge in [-0.25, -0.2) is 9.48 Å². The summed E-state index contributed by atoms with van der Waals surface area (Å²) in [4.78, 5) is 13.5. The maximum atomic E-state index is 12.0. The number of aliphatic hydroxyl groups is 1. The summed E-state index contributed by atoms with van der Waals surface area (Å²) in [5.41, 5.74) is 2.65. The molecule has 6 heteroatoms. The smallest absolute Gasteiger partial charge is 0.321 e. The molecule has 2 amide bonds. The lowest BCUT2D eigenvalue weighted by Crippen LogP contribution is -2.36. The third-order valence-electron chi connectivity index (χ3n) is 3.73. The van der Waals surface area contributed by atoms with E-state index >= 15 is 0 Å². The van der Waals surface area contributed by atoms with Crippen molar-refractivity contribution in [3.05, 3.63) is 54.7 Å². The second kappa shape index (κ2) is 6.72. The second-order valence-electron chi connectivity index (χ2n) is 5.82. The highest BCUT2D eigenvalue weighted by Gasteiger charge is 2.11. The normalized spacial score (nSPS) is 12.1. The molecule has 6 nitrogen and oxygen atoms in total. The average molecular weight is 324 g/mol. The van der Waals surface area contributed by atoms with Crippen molar-refractivity contribution in [3.8, 4) is 5.69 Å². The van der Waals surface area contributed by atoms with Crippen molar-refractivity contribution >= 4 is 22.6 Å². The van der Waals surface area contributed by atoms with Crippen molar-refractivity contribution in [2.24, 2.45) is 0 Å². The van der Waals surface area contributed by atoms with Crippen LogP contribution in [-0.2, 0) is 0 Å². The third kappa shape index (κ3) is 3.38. The first kappa shape index (κ1) is 16.0. The molecule has 0 aliphatic heterocycles. The Hall–Kier alpha value is -2.86. The summed E-state index contributed by atoms with van der Waals surface area (Å²) >= 11 is 0. The van der Waals surface area contributed by atoms with Crippen molar-refractivity contribution in [2.45, 2.75) is 13.0 Å². The van der Waals surface area contributed by atoms with Crippen LogP contribution in [-0.4, -0.2) is 45.5 Å². The lowest BCUT2D eigenvalue weighted by atomic mass is 10.2. The van der Waals surface area contributed by atoms with Gasteiger partial charge < -0.3 is 15.3 Å². The fraction of sp³-hybridized carbons (Fsp3) is 0.222. The molecule has 0 saturated heterocycles. The number of aliphatic hydroxyl groups excluding tert-OH is 1. The molecule has 3 rings (SSSR count). The molecule has 24 heavy (non-hydrogen) atoms. The Labute approximate surface area is 140 Å². The zero-order valence-corrected chi connectivity index (χ0v) is 13.7. The summed E-state index contributed by atoms with van der Waals surface area (Å²) in [5, 5.41) is 17.6. The van der Waals surface area contributed by atoms with Gasteiger partial charge in [0.25, 0.3) is 0 Å². The summed E-state index contributed by atoms with van der Waals surface area (Å²) < 4.78 is 1.86. The quantitative estimate of drug-likeness (QED) is 0.775. The number of aromatic nitrogens is 2. The SMILES string of the molecule is C[C@H](O)CN(C)C(=O)Nc1ccc(-n2ncc3ccccc32)cc1. The number of hydrogen-bond donors (Lipinski definition) is 2. The Balaban J connectivity index is 1.75. The van der Waals surface area contributed by atoms with Crippen LogP contribution in [0.3, 0.4) is 0 Å². The number of nitrogens with one attached hydrogen (secondary N) is 1. The van der Waals surface area contributed by atoms with Crippen LogP contribution in [0.1, 0.15) is 6.92 Å². The predicted octanol–water partition coefficient (Wildman–Crippen LogP) is 2.87. The van der Waals surface area contributed by atoms with Gasteiger partial charge in [0.2, 0.25) is 0 Å². The number of nitrogens with zero attached hydrogens (tertiary/aromatic N) is 3. The van der Waals surface area contributed by atoms with Crippen molar-refractivity contribution in [1.82, 2.24) is 14.7 Å². The fourth-order valence-corrected chi connectivity index (χ4v) is 2.56. The van der Waals surface area contributed by atoms with Gasteiger partial charge in [-0.3, -0.25) is 0 Å². The first-order valence-electron chi connectivity index (χ1n) is 7.78. The molecule has 0 bridgehead atoms. The van der Waals surface area contributed by atoms with Gasteiger partial charge in [0.1, 0.15) is 0 Å². The lowest BCUT2D eigenvalue weighted by molar-refractivity contribution is 0.149. The molecular weight excluding hydrogens is 304 g/mol. The first-order chi connectivity index (χ1) is 11.5. The minimum Gasteiger partial charge on any atom is -0.392 e. The molecule has 1 heterocycles. The monoisotopic (exact) mass is 324 g/mol. The number of urea groups is 1. The Morgan fingerprint density at radius 2 is 1.96 bits per heavy atom. The van der Waals surface area contributed by atoms with Gasteiger partial charge in [0.05, 0.1) is 23.5 Å². The van der Waals surface area contributed by atoms with Gasteiger partial charge >= 0.3 is 6.03 Å². The van der Waals surface area contributed by atoms with E-state index in [0.29, 0.717) is 5.69 Å². The van der Waals surface area contributed by atoms with Crippen LogP contribution >= 0.6 is 0 Å². The van der Waals surface area contributed by atoms with E-state index < -0.39 is 6.10 Å². The first-order valence-corrected chi connectivity index (χ1v) is 7.78. The van der Waals surface area contributed by atoms with Gasteiger partial charge in [-0.15, -0.1) is 0 Å². The number of benzene rings is 2. The Kier molecular flexibility index (Phi) is 4.48. The maximum Gasteiger partial charge on any atom is 0.321 e. The number of likely N-dealkylation sites (N-methyl/N-ethyl adjacent to an activating group) is 1. The van der Waals surface area contributed by atoms with E-state index in [9.17, 15) is 9.90 Å². The van der Waals surface area contributed by atoms with Crippen molar-refractivity contribution < 1.29 is 9.90 Å². The van der Waals surface area contributed by atoms with Crippen molar-refractivity contribution in [2.75, 3.05) is 18.9 Å². The summed E-state index contributed by atoms with van der Waals surface area (Å²) in [5.74, 6) is 0. The minimum atomic E-state index is -0.559. The number of para-hydroxylation sites is 1. The van der Waals surface area contributed by atoms with Crippen LogP contribution in [0.2, 0.25) is 0 Å². The number of fused-ring (bicyclic) bond motifs is 1. The zero-order valence-electron chi connectivity index (χ0n) is 13.7. The van der Waals surface area contributed by atoms with Gasteiger partial charge in [-0.2, -0.15) is 5.10 Å². The van der Waals surface area contributed by atoms with Crippen LogP contribution in [0.25, 0.3) is 16.6 Å². The van der Waals surface area contributed by atoms with Gasteiger partial charge in [-0.1, -0.05) is 18.2 Å². The highest BCUT2D eigenvalue weighted by Crippen LogP contribution is 2.19. The largest absolute Gasteiger partial charge is 0.392 e. The van der Waals surface area contributed by atoms with E-state index in [1.54, 1.807) is 14.0 Å². The molecule has 0 radical (unpaired) electrons. The number of carbonyl (C=O) groups excluding carboxylic acids is 1. The molecule has 0 aliphatic rings. The Morgan fingerprint density at radius 3 is 2.67 bits per heavy atom. The molecule has 0 unspecified atom stereocenters. The third-order valence-corrected chi connectivity index (χ3v) is 3.73. The summed E-state index contributed by atoms with van der Waals surface area (Å²) in [7, 11) is 1.65. The second-order valence-corrected chi connectivity index (χ2v) is 5.82. The number of anilines is 1. The summed E-state index contributed by atoms with van der Waals surface area (Å²) in [6.45, 7) is 1.93. The average Bonchev–Trinajstić information content (AvgIpc) is 2.99. The molecule has 0 spiro atoms. The van der Waals surface area contributed by atoms with Gasteiger partial charge in [-0.05, 0) is 37.3 Å². The van der Waals surface area contributed by atoms with Crippen molar-refractivity contribution in [1.29, 1.82) is 0 Å². The number of amides is 2. The van der Waals surface area contributed by atoms with Gasteiger partial charge in [0.15, 0.2) is 0 Å². The topological polar surface area (TPSA) is 70.4 Å². The number of hydrogen-bond acceptors (Lipinski definition) is 3. The molecule has 2 N–H and O–H groups in total. The van der Waals surface area contributed by atoms with E-state index in [2.05, 4.69) is 10.4 Å². The lowest BCUT2D eigenvalue weighted by Gasteiger charge is -2.19. The minimum absolute atomic E-state index is 0.256. The maximum absolute atomic E-state index is 12.0. The molecule has 0 fully saturated rings. The molecule has 2 aromatic carbocycles. The molecule has 124 valence electrons. The van der Waals surface area contributed by atoms with E-state index in [1.807, 2.05) is 59.4 Å².